The van der Waals surface area contributed by atoms with E-state index in [2.05, 4.69) is 22.2 Å². The molecule has 0 saturated heterocycles. The molecule has 2 unspecified atom stereocenters. The molecule has 16 heavy (non-hydrogen) atoms. The fourth-order valence-electron chi connectivity index (χ4n) is 2.41. The maximum Gasteiger partial charge on any atom is 0.148 e. The molecule has 1 heterocycles. The van der Waals surface area contributed by atoms with Crippen molar-refractivity contribution in [3.05, 3.63) is 17.5 Å². The molecule has 1 aromatic heterocycles. The molecule has 1 aliphatic rings. The summed E-state index contributed by atoms with van der Waals surface area (Å²) in [6, 6.07) is 0.520. The third-order valence-corrected chi connectivity index (χ3v) is 3.65. The van der Waals surface area contributed by atoms with Crippen LogP contribution >= 0.6 is 11.6 Å². The lowest BCUT2D eigenvalue weighted by molar-refractivity contribution is 0.327. The first-order chi connectivity index (χ1) is 7.79. The predicted octanol–water partition coefficient (Wildman–Crippen LogP) is 3.51. The summed E-state index contributed by atoms with van der Waals surface area (Å²) in [5, 5.41) is 4.04. The molecule has 2 rings (SSSR count). The van der Waals surface area contributed by atoms with Gasteiger partial charge in [-0.1, -0.05) is 37.8 Å². The number of halogens is 1. The highest BCUT2D eigenvalue weighted by atomic mass is 35.5. The first-order valence-electron chi connectivity index (χ1n) is 6.01. The molecule has 4 heteroatoms. The Morgan fingerprint density at radius 2 is 2.38 bits per heavy atom. The first kappa shape index (κ1) is 11.6. The molecule has 0 radical (unpaired) electrons. The van der Waals surface area contributed by atoms with Crippen LogP contribution in [-0.2, 0) is 0 Å². The Balaban J connectivity index is 1.97. The van der Waals surface area contributed by atoms with E-state index in [1.54, 1.807) is 6.20 Å². The molecular weight excluding hydrogens is 222 g/mol. The van der Waals surface area contributed by atoms with Gasteiger partial charge >= 0.3 is 0 Å². The van der Waals surface area contributed by atoms with Crippen molar-refractivity contribution in [1.29, 1.82) is 0 Å². The minimum Gasteiger partial charge on any atom is -0.366 e. The van der Waals surface area contributed by atoms with Gasteiger partial charge in [-0.15, -0.1) is 0 Å². The van der Waals surface area contributed by atoms with Gasteiger partial charge in [0.05, 0.1) is 6.20 Å². The van der Waals surface area contributed by atoms with E-state index in [0.717, 1.165) is 11.7 Å². The lowest BCUT2D eigenvalue weighted by Crippen LogP contribution is -2.27. The van der Waals surface area contributed by atoms with Crippen LogP contribution in [0.4, 0.5) is 5.82 Å². The second kappa shape index (κ2) is 5.48. The first-order valence-corrected chi connectivity index (χ1v) is 6.39. The fourth-order valence-corrected chi connectivity index (χ4v) is 2.56. The molecule has 0 spiro atoms. The van der Waals surface area contributed by atoms with E-state index in [4.69, 9.17) is 11.6 Å². The summed E-state index contributed by atoms with van der Waals surface area (Å²) in [7, 11) is 0. The van der Waals surface area contributed by atoms with Gasteiger partial charge in [-0.3, -0.25) is 0 Å². The van der Waals surface area contributed by atoms with E-state index < -0.39 is 0 Å². The number of nitrogens with zero attached hydrogens (tertiary/aromatic N) is 2. The van der Waals surface area contributed by atoms with Gasteiger partial charge in [0, 0.05) is 6.04 Å². The molecule has 88 valence electrons. The minimum absolute atomic E-state index is 0.520. The van der Waals surface area contributed by atoms with Crippen LogP contribution in [0.3, 0.4) is 0 Å². The predicted molar refractivity (Wildman–Crippen MR) is 66.7 cm³/mol. The van der Waals surface area contributed by atoms with Gasteiger partial charge in [0.15, 0.2) is 0 Å². The van der Waals surface area contributed by atoms with E-state index in [1.807, 2.05) is 0 Å². The third kappa shape index (κ3) is 2.85. The van der Waals surface area contributed by atoms with Gasteiger partial charge in [-0.2, -0.15) is 0 Å². The van der Waals surface area contributed by atoms with Gasteiger partial charge in [-0.25, -0.2) is 9.97 Å². The Morgan fingerprint density at radius 1 is 1.50 bits per heavy atom. The van der Waals surface area contributed by atoms with Crippen molar-refractivity contribution in [2.24, 2.45) is 5.92 Å². The molecule has 0 aromatic carbocycles. The van der Waals surface area contributed by atoms with Crippen LogP contribution in [0.5, 0.6) is 0 Å². The van der Waals surface area contributed by atoms with Crippen LogP contribution in [-0.4, -0.2) is 16.0 Å². The highest BCUT2D eigenvalue weighted by molar-refractivity contribution is 6.32. The molecule has 0 aliphatic heterocycles. The summed E-state index contributed by atoms with van der Waals surface area (Å²) in [6.45, 7) is 2.27. The summed E-state index contributed by atoms with van der Waals surface area (Å²) in [5.41, 5.74) is 0. The average molecular weight is 240 g/mol. The minimum atomic E-state index is 0.520. The van der Waals surface area contributed by atoms with Crippen molar-refractivity contribution in [3.8, 4) is 0 Å². The van der Waals surface area contributed by atoms with Crippen molar-refractivity contribution in [1.82, 2.24) is 9.97 Å². The zero-order chi connectivity index (χ0) is 11.4. The lowest BCUT2D eigenvalue weighted by atomic mass is 9.84. The number of hydrogen-bond donors (Lipinski definition) is 1. The molecule has 0 bridgehead atoms. The molecule has 1 N–H and O–H groups in total. The Kier molecular flexibility index (Phi) is 3.99. The number of nitrogens with one attached hydrogen (secondary N) is 1. The number of rotatable bonds is 3. The van der Waals surface area contributed by atoms with Crippen molar-refractivity contribution >= 4 is 17.4 Å². The molecule has 2 atom stereocenters. The second-order valence-electron chi connectivity index (χ2n) is 4.50. The highest BCUT2D eigenvalue weighted by Gasteiger charge is 2.21. The Hall–Kier alpha value is -0.830. The van der Waals surface area contributed by atoms with Crippen LogP contribution in [0.25, 0.3) is 0 Å². The van der Waals surface area contributed by atoms with Gasteiger partial charge in [-0.05, 0) is 18.8 Å². The van der Waals surface area contributed by atoms with Gasteiger partial charge in [0.1, 0.15) is 17.2 Å². The standard InChI is InChI=1S/C12H18ClN3/c1-2-9-4-3-5-10(6-9)16-12-11(13)7-14-8-15-12/h7-10H,2-6H2,1H3,(H,14,15,16). The SMILES string of the molecule is CCC1CCCC(Nc2ncncc2Cl)C1. The summed E-state index contributed by atoms with van der Waals surface area (Å²) >= 11 is 6.03. The van der Waals surface area contributed by atoms with E-state index in [-0.39, 0.29) is 0 Å². The van der Waals surface area contributed by atoms with Crippen LogP contribution < -0.4 is 5.32 Å². The molecule has 1 saturated carbocycles. The van der Waals surface area contributed by atoms with Crippen LogP contribution in [0.1, 0.15) is 39.0 Å². The molecule has 1 fully saturated rings. The Bertz CT molecular complexity index is 343. The van der Waals surface area contributed by atoms with E-state index in [9.17, 15) is 0 Å². The van der Waals surface area contributed by atoms with Crippen LogP contribution in [0.2, 0.25) is 5.02 Å². The fraction of sp³-hybridized carbons (Fsp3) is 0.667. The van der Waals surface area contributed by atoms with Crippen LogP contribution in [0, 0.1) is 5.92 Å². The largest absolute Gasteiger partial charge is 0.366 e. The average Bonchev–Trinajstić information content (AvgIpc) is 2.32. The zero-order valence-electron chi connectivity index (χ0n) is 9.62. The number of anilines is 1. The van der Waals surface area contributed by atoms with E-state index in [1.165, 1.54) is 38.4 Å². The van der Waals surface area contributed by atoms with Crippen molar-refractivity contribution in [2.75, 3.05) is 5.32 Å². The molecular formula is C12H18ClN3. The smallest absolute Gasteiger partial charge is 0.148 e. The molecule has 3 nitrogen and oxygen atoms in total. The lowest BCUT2D eigenvalue weighted by Gasteiger charge is -2.29. The quantitative estimate of drug-likeness (QED) is 0.877. The number of hydrogen-bond acceptors (Lipinski definition) is 3. The molecule has 1 aliphatic carbocycles. The maximum atomic E-state index is 6.03. The zero-order valence-corrected chi connectivity index (χ0v) is 10.4. The van der Waals surface area contributed by atoms with E-state index >= 15 is 0 Å². The summed E-state index contributed by atoms with van der Waals surface area (Å²) in [4.78, 5) is 8.06. The van der Waals surface area contributed by atoms with Crippen molar-refractivity contribution < 1.29 is 0 Å². The molecule has 1 aromatic rings. The van der Waals surface area contributed by atoms with Crippen molar-refractivity contribution in [3.63, 3.8) is 0 Å². The van der Waals surface area contributed by atoms with Gasteiger partial charge < -0.3 is 5.32 Å². The summed E-state index contributed by atoms with van der Waals surface area (Å²) in [6.07, 6.45) is 9.57. The Labute approximate surface area is 102 Å². The summed E-state index contributed by atoms with van der Waals surface area (Å²) in [5.74, 6) is 1.63. The monoisotopic (exact) mass is 239 g/mol. The maximum absolute atomic E-state index is 6.03. The third-order valence-electron chi connectivity index (χ3n) is 3.37. The Morgan fingerprint density at radius 3 is 3.12 bits per heavy atom. The van der Waals surface area contributed by atoms with Crippen LogP contribution in [0.15, 0.2) is 12.5 Å². The van der Waals surface area contributed by atoms with Gasteiger partial charge in [0.25, 0.3) is 0 Å². The van der Waals surface area contributed by atoms with Crippen molar-refractivity contribution in [2.45, 2.75) is 45.1 Å². The summed E-state index contributed by atoms with van der Waals surface area (Å²) < 4.78 is 0. The molecule has 0 amide bonds. The van der Waals surface area contributed by atoms with Gasteiger partial charge in [0.2, 0.25) is 0 Å². The second-order valence-corrected chi connectivity index (χ2v) is 4.91. The normalized spacial score (nSPS) is 25.4. The highest BCUT2D eigenvalue weighted by Crippen LogP contribution is 2.29. The number of aromatic nitrogens is 2. The van der Waals surface area contributed by atoms with E-state index in [0.29, 0.717) is 11.1 Å². The topological polar surface area (TPSA) is 37.8 Å².